The summed E-state index contributed by atoms with van der Waals surface area (Å²) >= 11 is 0. The number of phenols is 1. The minimum Gasteiger partial charge on any atom is -0.504 e. The standard InChI is InChI=1S/C29H35N3O12/c1-30-7-8-41-16-5-3-14(4-6-16)18-9-17(33)21-19(42-18)10-20(24(40-2)22(21)34)43-28-23(35)25(36)29(39,26(44-28)27(37)38)11-15-12-31-13-32-15/h3-6,9-10,15,23,25-26,28,30-32,34-36,39H,7-8,11-13H2,1-2H3,(H,37,38). The Morgan fingerprint density at radius 3 is 2.59 bits per heavy atom. The second-order valence-corrected chi connectivity index (χ2v) is 10.6. The Labute approximate surface area is 250 Å². The fourth-order valence-electron chi connectivity index (χ4n) is 5.40. The number of aliphatic hydroxyl groups is 3. The molecule has 0 saturated carbocycles. The maximum absolute atomic E-state index is 13.1. The Morgan fingerprint density at radius 2 is 1.95 bits per heavy atom. The van der Waals surface area contributed by atoms with Gasteiger partial charge in [0.15, 0.2) is 23.0 Å². The van der Waals surface area contributed by atoms with Crippen molar-refractivity contribution >= 4 is 16.9 Å². The summed E-state index contributed by atoms with van der Waals surface area (Å²) in [6, 6.07) is 8.82. The molecule has 8 N–H and O–H groups in total. The lowest BCUT2D eigenvalue weighted by Crippen LogP contribution is -2.70. The molecule has 0 bridgehead atoms. The lowest BCUT2D eigenvalue weighted by molar-refractivity contribution is -0.306. The molecule has 3 heterocycles. The van der Waals surface area contributed by atoms with Crippen LogP contribution in [-0.4, -0.2) is 108 Å². The molecule has 0 amide bonds. The van der Waals surface area contributed by atoms with Crippen molar-refractivity contribution in [3.8, 4) is 34.3 Å². The number of rotatable bonds is 11. The summed E-state index contributed by atoms with van der Waals surface area (Å²) in [6.45, 7) is 1.94. The second-order valence-electron chi connectivity index (χ2n) is 10.6. The number of fused-ring (bicyclic) bond motifs is 1. The lowest BCUT2D eigenvalue weighted by atomic mass is 9.79. The Bertz CT molecular complexity index is 1540. The summed E-state index contributed by atoms with van der Waals surface area (Å²) in [5.41, 5.74) is -2.55. The average molecular weight is 618 g/mol. The number of benzene rings is 2. The largest absolute Gasteiger partial charge is 0.504 e. The molecule has 6 unspecified atom stereocenters. The third-order valence-corrected chi connectivity index (χ3v) is 7.66. The minimum atomic E-state index is -2.38. The van der Waals surface area contributed by atoms with E-state index >= 15 is 0 Å². The molecule has 1 aromatic heterocycles. The van der Waals surface area contributed by atoms with Crippen LogP contribution >= 0.6 is 0 Å². The van der Waals surface area contributed by atoms with Gasteiger partial charge in [0.2, 0.25) is 12.0 Å². The Kier molecular flexibility index (Phi) is 9.26. The lowest BCUT2D eigenvalue weighted by Gasteiger charge is -2.47. The highest BCUT2D eigenvalue weighted by Crippen LogP contribution is 2.44. The van der Waals surface area contributed by atoms with E-state index in [2.05, 4.69) is 16.0 Å². The molecule has 2 aliphatic rings. The van der Waals surface area contributed by atoms with E-state index in [1.807, 2.05) is 7.05 Å². The highest BCUT2D eigenvalue weighted by atomic mass is 16.7. The maximum atomic E-state index is 13.1. The van der Waals surface area contributed by atoms with Crippen LogP contribution < -0.4 is 35.6 Å². The first-order chi connectivity index (χ1) is 21.1. The fraction of sp³-hybridized carbons (Fsp3) is 0.448. The summed E-state index contributed by atoms with van der Waals surface area (Å²) in [7, 11) is 3.00. The van der Waals surface area contributed by atoms with Gasteiger partial charge in [-0.1, -0.05) is 0 Å². The number of phenolic OH excluding ortho intramolecular Hbond substituents is 1. The van der Waals surface area contributed by atoms with E-state index < -0.39 is 53.4 Å². The molecule has 15 heteroatoms. The van der Waals surface area contributed by atoms with Crippen LogP contribution in [0, 0.1) is 0 Å². The Hall–Kier alpha value is -3.96. The maximum Gasteiger partial charge on any atom is 0.336 e. The number of carboxylic acids is 1. The molecule has 238 valence electrons. The molecule has 44 heavy (non-hydrogen) atoms. The van der Waals surface area contributed by atoms with Crippen LogP contribution in [-0.2, 0) is 9.53 Å². The third-order valence-electron chi connectivity index (χ3n) is 7.66. The SMILES string of the molecule is CNCCOc1ccc(-c2cc(=O)c3c(O)c(OC)c(OC4OC(C(=O)O)C(O)(CC5CNCN5)C(O)C4O)cc3o2)cc1. The van der Waals surface area contributed by atoms with Gasteiger partial charge in [0.1, 0.15) is 46.9 Å². The van der Waals surface area contributed by atoms with Gasteiger partial charge in [-0.3, -0.25) is 4.79 Å². The second kappa shape index (κ2) is 13.0. The highest BCUT2D eigenvalue weighted by molar-refractivity contribution is 5.89. The molecule has 5 rings (SSSR count). The molecule has 2 aromatic carbocycles. The molecule has 6 atom stereocenters. The summed E-state index contributed by atoms with van der Waals surface area (Å²) in [5, 5.41) is 62.7. The van der Waals surface area contributed by atoms with E-state index in [1.54, 1.807) is 24.3 Å². The zero-order valence-electron chi connectivity index (χ0n) is 24.0. The number of aliphatic hydroxyl groups excluding tert-OH is 2. The fourth-order valence-corrected chi connectivity index (χ4v) is 5.40. The van der Waals surface area contributed by atoms with Crippen molar-refractivity contribution < 1.29 is 53.7 Å². The summed E-state index contributed by atoms with van der Waals surface area (Å²) in [5.74, 6) is -2.08. The molecular weight excluding hydrogens is 582 g/mol. The molecule has 15 nitrogen and oxygen atoms in total. The molecule has 0 spiro atoms. The molecule has 3 aromatic rings. The van der Waals surface area contributed by atoms with Gasteiger partial charge in [0.25, 0.3) is 0 Å². The van der Waals surface area contributed by atoms with Crippen molar-refractivity contribution in [3.05, 3.63) is 46.6 Å². The topological polar surface area (TPSA) is 221 Å². The zero-order valence-corrected chi connectivity index (χ0v) is 24.0. The predicted octanol–water partition coefficient (Wildman–Crippen LogP) is -0.677. The predicted molar refractivity (Wildman–Crippen MR) is 154 cm³/mol. The summed E-state index contributed by atoms with van der Waals surface area (Å²) in [6.07, 6.45) is -8.02. The van der Waals surface area contributed by atoms with E-state index in [9.17, 15) is 35.1 Å². The van der Waals surface area contributed by atoms with Gasteiger partial charge in [0, 0.05) is 43.5 Å². The number of nitrogens with one attached hydrogen (secondary N) is 3. The number of carbonyl (C=O) groups is 1. The van der Waals surface area contributed by atoms with Crippen LogP contribution in [0.3, 0.4) is 0 Å². The van der Waals surface area contributed by atoms with Crippen molar-refractivity contribution in [2.45, 2.75) is 42.7 Å². The highest BCUT2D eigenvalue weighted by Gasteiger charge is 2.59. The first-order valence-electron chi connectivity index (χ1n) is 13.9. The number of hydrogen-bond acceptors (Lipinski definition) is 14. The van der Waals surface area contributed by atoms with Crippen LogP contribution in [0.15, 0.2) is 45.6 Å². The third kappa shape index (κ3) is 6.03. The average Bonchev–Trinajstić information content (AvgIpc) is 3.50. The molecule has 2 fully saturated rings. The normalized spacial score (nSPS) is 26.9. The van der Waals surface area contributed by atoms with E-state index in [0.717, 1.165) is 0 Å². The van der Waals surface area contributed by atoms with E-state index in [-0.39, 0.29) is 34.6 Å². The van der Waals surface area contributed by atoms with Crippen LogP contribution in [0.5, 0.6) is 23.0 Å². The number of carboxylic acid groups (broad SMARTS) is 1. The van der Waals surface area contributed by atoms with E-state index in [0.29, 0.717) is 37.7 Å². The van der Waals surface area contributed by atoms with Gasteiger partial charge in [-0.25, -0.2) is 4.79 Å². The van der Waals surface area contributed by atoms with Gasteiger partial charge >= 0.3 is 5.97 Å². The van der Waals surface area contributed by atoms with Gasteiger partial charge in [-0.05, 0) is 37.7 Å². The molecule has 2 aliphatic heterocycles. The van der Waals surface area contributed by atoms with Gasteiger partial charge in [-0.2, -0.15) is 0 Å². The van der Waals surface area contributed by atoms with Crippen LogP contribution in [0.4, 0.5) is 0 Å². The number of aliphatic carboxylic acids is 1. The van der Waals surface area contributed by atoms with Crippen molar-refractivity contribution in [2.75, 3.05) is 40.5 Å². The summed E-state index contributed by atoms with van der Waals surface area (Å²) < 4.78 is 28.1. The molecule has 0 aliphatic carbocycles. The van der Waals surface area contributed by atoms with Gasteiger partial charge in [-0.15, -0.1) is 0 Å². The van der Waals surface area contributed by atoms with Crippen LogP contribution in [0.2, 0.25) is 0 Å². The van der Waals surface area contributed by atoms with E-state index in [1.165, 1.54) is 19.2 Å². The van der Waals surface area contributed by atoms with Crippen molar-refractivity contribution in [2.24, 2.45) is 0 Å². The molecule has 0 radical (unpaired) electrons. The number of methoxy groups -OCH3 is 1. The van der Waals surface area contributed by atoms with Gasteiger partial charge in [0.05, 0.1) is 7.11 Å². The summed E-state index contributed by atoms with van der Waals surface area (Å²) in [4.78, 5) is 25.2. The number of aromatic hydroxyl groups is 1. The monoisotopic (exact) mass is 617 g/mol. The van der Waals surface area contributed by atoms with Crippen molar-refractivity contribution in [1.82, 2.24) is 16.0 Å². The first-order valence-corrected chi connectivity index (χ1v) is 13.9. The van der Waals surface area contributed by atoms with Crippen LogP contribution in [0.25, 0.3) is 22.3 Å². The van der Waals surface area contributed by atoms with E-state index in [4.69, 9.17) is 23.4 Å². The first kappa shape index (κ1) is 31.5. The minimum absolute atomic E-state index is 0.118. The zero-order chi connectivity index (χ0) is 31.6. The number of hydrogen-bond donors (Lipinski definition) is 8. The van der Waals surface area contributed by atoms with Crippen LogP contribution in [0.1, 0.15) is 6.42 Å². The molecule has 2 saturated heterocycles. The smallest absolute Gasteiger partial charge is 0.336 e. The Balaban J connectivity index is 1.46. The van der Waals surface area contributed by atoms with Crippen molar-refractivity contribution in [1.29, 1.82) is 0 Å². The number of likely N-dealkylation sites (N-methyl/N-ethyl adjacent to an activating group) is 1. The molecular formula is C29H35N3O12. The number of ether oxygens (including phenoxy) is 4. The quantitative estimate of drug-likeness (QED) is 0.125. The van der Waals surface area contributed by atoms with Crippen molar-refractivity contribution in [3.63, 3.8) is 0 Å². The van der Waals surface area contributed by atoms with Gasteiger partial charge < -0.3 is 64.8 Å². The Morgan fingerprint density at radius 1 is 1.20 bits per heavy atom.